The molecule has 0 aliphatic rings. The van der Waals surface area contributed by atoms with Crippen LogP contribution < -0.4 is 11.1 Å². The molecule has 142 valence electrons. The minimum atomic E-state index is -0.114. The van der Waals surface area contributed by atoms with Crippen molar-refractivity contribution in [2.24, 2.45) is 16.6 Å². The summed E-state index contributed by atoms with van der Waals surface area (Å²) in [5.74, 6) is 0.266. The first kappa shape index (κ1) is 23.0. The van der Waals surface area contributed by atoms with Gasteiger partial charge >= 0.3 is 0 Å². The number of nitrogens with two attached hydrogens (primary N) is 1. The summed E-state index contributed by atoms with van der Waals surface area (Å²) in [6, 6.07) is 10.9. The zero-order valence-corrected chi connectivity index (χ0v) is 18.2. The highest BCUT2D eigenvalue weighted by molar-refractivity contribution is 14.0. The van der Waals surface area contributed by atoms with Crippen molar-refractivity contribution in [3.05, 3.63) is 63.9 Å². The topological polar surface area (TPSA) is 83.5 Å². The molecule has 2 unspecified atom stereocenters. The van der Waals surface area contributed by atoms with E-state index in [1.54, 1.807) is 18.3 Å². The van der Waals surface area contributed by atoms with Crippen LogP contribution in [-0.2, 0) is 6.42 Å². The second-order valence-electron chi connectivity index (χ2n) is 5.83. The number of guanidine groups is 1. The zero-order chi connectivity index (χ0) is 18.2. The molecule has 0 bridgehead atoms. The molecule has 2 rings (SSSR count). The first-order valence-corrected chi connectivity index (χ1v) is 8.77. The van der Waals surface area contributed by atoms with Crippen LogP contribution in [0.3, 0.4) is 0 Å². The highest BCUT2D eigenvalue weighted by Crippen LogP contribution is 2.25. The summed E-state index contributed by atoms with van der Waals surface area (Å²) in [6.07, 6.45) is 2.38. The number of hydrogen-bond acceptors (Lipinski definition) is 3. The minimum Gasteiger partial charge on any atom is -0.396 e. The molecule has 0 fully saturated rings. The number of aliphatic hydroxyl groups is 1. The maximum atomic E-state index is 9.53. The Hall–Kier alpha value is -1.09. The van der Waals surface area contributed by atoms with Gasteiger partial charge in [-0.25, -0.2) is 0 Å². The van der Waals surface area contributed by atoms with Crippen LogP contribution >= 0.6 is 47.2 Å². The number of rotatable bonds is 7. The van der Waals surface area contributed by atoms with Gasteiger partial charge in [0.05, 0.1) is 6.04 Å². The SMILES string of the molecule is CC(NC(N)=NCC(CO)Cc1ccccn1)c1ccc(Cl)cc1Cl.I. The molecule has 26 heavy (non-hydrogen) atoms. The zero-order valence-electron chi connectivity index (χ0n) is 14.4. The lowest BCUT2D eigenvalue weighted by Crippen LogP contribution is -2.34. The highest BCUT2D eigenvalue weighted by atomic mass is 127. The summed E-state index contributed by atoms with van der Waals surface area (Å²) in [5.41, 5.74) is 7.77. The number of aliphatic hydroxyl groups excluding tert-OH is 1. The van der Waals surface area contributed by atoms with Gasteiger partial charge in [0.15, 0.2) is 5.96 Å². The summed E-state index contributed by atoms with van der Waals surface area (Å²) >= 11 is 12.1. The van der Waals surface area contributed by atoms with E-state index in [0.717, 1.165) is 11.3 Å². The molecule has 4 N–H and O–H groups in total. The smallest absolute Gasteiger partial charge is 0.189 e. The Bertz CT molecular complexity index is 716. The van der Waals surface area contributed by atoms with Gasteiger partial charge in [-0.05, 0) is 43.2 Å². The average Bonchev–Trinajstić information content (AvgIpc) is 2.59. The van der Waals surface area contributed by atoms with E-state index in [1.807, 2.05) is 31.2 Å². The number of pyridine rings is 1. The number of halogens is 3. The van der Waals surface area contributed by atoms with Crippen LogP contribution in [-0.4, -0.2) is 29.2 Å². The molecule has 0 spiro atoms. The summed E-state index contributed by atoms with van der Waals surface area (Å²) in [7, 11) is 0. The first-order chi connectivity index (χ1) is 12.0. The Morgan fingerprint density at radius 2 is 2.08 bits per heavy atom. The average molecular weight is 509 g/mol. The highest BCUT2D eigenvalue weighted by Gasteiger charge is 2.12. The Morgan fingerprint density at radius 3 is 2.69 bits per heavy atom. The van der Waals surface area contributed by atoms with Crippen molar-refractivity contribution in [2.45, 2.75) is 19.4 Å². The van der Waals surface area contributed by atoms with Crippen molar-refractivity contribution in [3.8, 4) is 0 Å². The van der Waals surface area contributed by atoms with E-state index >= 15 is 0 Å². The summed E-state index contributed by atoms with van der Waals surface area (Å²) in [5, 5.41) is 13.8. The van der Waals surface area contributed by atoms with Gasteiger partial charge in [-0.2, -0.15) is 0 Å². The van der Waals surface area contributed by atoms with Crippen molar-refractivity contribution in [3.63, 3.8) is 0 Å². The van der Waals surface area contributed by atoms with Crippen molar-refractivity contribution in [2.75, 3.05) is 13.2 Å². The fraction of sp³-hybridized carbons (Fsp3) is 0.333. The Kier molecular flexibility index (Phi) is 10.2. The Labute approximate surface area is 181 Å². The maximum absolute atomic E-state index is 9.53. The fourth-order valence-corrected chi connectivity index (χ4v) is 3.00. The molecule has 2 atom stereocenters. The van der Waals surface area contributed by atoms with E-state index in [0.29, 0.717) is 29.0 Å². The lowest BCUT2D eigenvalue weighted by molar-refractivity contribution is 0.229. The normalized spacial score (nSPS) is 13.6. The van der Waals surface area contributed by atoms with Gasteiger partial charge in [-0.3, -0.25) is 9.98 Å². The van der Waals surface area contributed by atoms with E-state index in [9.17, 15) is 5.11 Å². The molecule has 0 amide bonds. The Balaban J connectivity index is 0.00000338. The van der Waals surface area contributed by atoms with E-state index in [4.69, 9.17) is 28.9 Å². The van der Waals surface area contributed by atoms with Gasteiger partial charge in [0.25, 0.3) is 0 Å². The number of benzene rings is 1. The monoisotopic (exact) mass is 508 g/mol. The number of aliphatic imine (C=N–C) groups is 1. The van der Waals surface area contributed by atoms with Crippen LogP contribution in [0.25, 0.3) is 0 Å². The first-order valence-electron chi connectivity index (χ1n) is 8.01. The largest absolute Gasteiger partial charge is 0.396 e. The molecule has 8 heteroatoms. The molecule has 0 radical (unpaired) electrons. The van der Waals surface area contributed by atoms with Gasteiger partial charge in [0, 0.05) is 41.0 Å². The molecule has 0 aliphatic heterocycles. The van der Waals surface area contributed by atoms with Crippen LogP contribution in [0.2, 0.25) is 10.0 Å². The van der Waals surface area contributed by atoms with Crippen LogP contribution in [0.4, 0.5) is 0 Å². The van der Waals surface area contributed by atoms with Crippen molar-refractivity contribution in [1.82, 2.24) is 10.3 Å². The fourth-order valence-electron chi connectivity index (χ4n) is 2.43. The number of nitrogens with zero attached hydrogens (tertiary/aromatic N) is 2. The molecule has 1 heterocycles. The lowest BCUT2D eigenvalue weighted by atomic mass is 10.0. The van der Waals surface area contributed by atoms with Crippen LogP contribution in [0.5, 0.6) is 0 Å². The van der Waals surface area contributed by atoms with Crippen LogP contribution in [0, 0.1) is 5.92 Å². The van der Waals surface area contributed by atoms with Gasteiger partial charge in [-0.1, -0.05) is 35.3 Å². The second-order valence-corrected chi connectivity index (χ2v) is 6.68. The predicted octanol–water partition coefficient (Wildman–Crippen LogP) is 3.82. The molecular weight excluding hydrogens is 486 g/mol. The molecule has 0 aliphatic carbocycles. The molecule has 2 aromatic rings. The van der Waals surface area contributed by atoms with Crippen molar-refractivity contribution < 1.29 is 5.11 Å². The van der Waals surface area contributed by atoms with E-state index in [1.165, 1.54) is 0 Å². The predicted molar refractivity (Wildman–Crippen MR) is 118 cm³/mol. The molecule has 1 aromatic heterocycles. The van der Waals surface area contributed by atoms with E-state index in [-0.39, 0.29) is 42.5 Å². The number of nitrogens with one attached hydrogen (secondary N) is 1. The second kappa shape index (κ2) is 11.6. The third-order valence-electron chi connectivity index (χ3n) is 3.80. The molecular formula is C18H23Cl2IN4O. The summed E-state index contributed by atoms with van der Waals surface area (Å²) in [4.78, 5) is 8.60. The third-order valence-corrected chi connectivity index (χ3v) is 4.36. The van der Waals surface area contributed by atoms with E-state index < -0.39 is 0 Å². The van der Waals surface area contributed by atoms with E-state index in [2.05, 4.69) is 15.3 Å². The molecule has 1 aromatic carbocycles. The Morgan fingerprint density at radius 1 is 1.31 bits per heavy atom. The number of hydrogen-bond donors (Lipinski definition) is 3. The van der Waals surface area contributed by atoms with Crippen molar-refractivity contribution >= 4 is 53.1 Å². The molecule has 0 saturated heterocycles. The quantitative estimate of drug-likeness (QED) is 0.301. The van der Waals surface area contributed by atoms with Crippen LogP contribution in [0.1, 0.15) is 24.2 Å². The van der Waals surface area contributed by atoms with Crippen LogP contribution in [0.15, 0.2) is 47.6 Å². The van der Waals surface area contributed by atoms with Gasteiger partial charge in [0.1, 0.15) is 0 Å². The lowest BCUT2D eigenvalue weighted by Gasteiger charge is -2.17. The van der Waals surface area contributed by atoms with Gasteiger partial charge in [-0.15, -0.1) is 24.0 Å². The van der Waals surface area contributed by atoms with Gasteiger partial charge < -0.3 is 16.2 Å². The standard InChI is InChI=1S/C18H22Cl2N4O.HI/c1-12(16-6-5-14(19)9-17(16)20)24-18(21)23-10-13(11-25)8-15-4-2-3-7-22-15;/h2-7,9,12-13,25H,8,10-11H2,1H3,(H3,21,23,24);1H. The summed E-state index contributed by atoms with van der Waals surface area (Å²) in [6.45, 7) is 2.37. The maximum Gasteiger partial charge on any atom is 0.189 e. The molecule has 5 nitrogen and oxygen atoms in total. The third kappa shape index (κ3) is 7.26. The van der Waals surface area contributed by atoms with Crippen molar-refractivity contribution in [1.29, 1.82) is 0 Å². The van der Waals surface area contributed by atoms with Gasteiger partial charge in [0.2, 0.25) is 0 Å². The number of aromatic nitrogens is 1. The molecule has 0 saturated carbocycles. The summed E-state index contributed by atoms with van der Waals surface area (Å²) < 4.78 is 0. The minimum absolute atomic E-state index is 0.